The molecule has 1 aromatic carbocycles. The molecule has 1 atom stereocenters. The highest BCUT2D eigenvalue weighted by Gasteiger charge is 2.34. The van der Waals surface area contributed by atoms with E-state index in [0.717, 1.165) is 29.4 Å². The van der Waals surface area contributed by atoms with Crippen molar-refractivity contribution in [2.45, 2.75) is 32.1 Å². The molecule has 2 rings (SSSR count). The molecule has 1 saturated heterocycles. The molecule has 1 fully saturated rings. The van der Waals surface area contributed by atoms with E-state index in [1.807, 2.05) is 24.3 Å². The summed E-state index contributed by atoms with van der Waals surface area (Å²) in [4.78, 5) is 37.1. The second-order valence-electron chi connectivity index (χ2n) is 6.06. The number of carbonyl (C=O) groups excluding carboxylic acids is 3. The largest absolute Gasteiger partial charge is 0.469 e. The maximum absolute atomic E-state index is 12.2. The number of unbranched alkanes of at least 4 members (excludes halogenated alkanes) is 2. The Morgan fingerprint density at radius 2 is 1.96 bits per heavy atom. The molecule has 1 aliphatic heterocycles. The molecule has 2 amide bonds. The Kier molecular flexibility index (Phi) is 7.43. The van der Waals surface area contributed by atoms with Gasteiger partial charge in [-0.15, -0.1) is 0 Å². The smallest absolute Gasteiger partial charge is 0.305 e. The average Bonchev–Trinajstić information content (AvgIpc) is 3.00. The van der Waals surface area contributed by atoms with E-state index in [0.29, 0.717) is 19.5 Å². The van der Waals surface area contributed by atoms with E-state index in [4.69, 9.17) is 0 Å². The number of carbonyl (C=O) groups is 3. The number of nitrogens with one attached hydrogen (secondary N) is 1. The number of ether oxygens (including phenoxy) is 1. The van der Waals surface area contributed by atoms with E-state index in [2.05, 4.69) is 26.0 Å². The third-order valence-electron chi connectivity index (χ3n) is 4.22. The first-order valence-electron chi connectivity index (χ1n) is 8.41. The molecule has 0 aliphatic carbocycles. The third-order valence-corrected chi connectivity index (χ3v) is 4.75. The molecule has 0 radical (unpaired) electrons. The van der Waals surface area contributed by atoms with Crippen LogP contribution < -0.4 is 10.2 Å². The standard InChI is InChI=1S/C18H23BrN2O4/c1-25-17(23)5-3-2-4-10-20-18(24)13-11-16(22)21(12-13)15-8-6-14(19)7-9-15/h6-9,13H,2-5,10-12H2,1H3,(H,20,24)/t13-/m1/s1. The third kappa shape index (κ3) is 5.85. The van der Waals surface area contributed by atoms with Crippen LogP contribution in [0.3, 0.4) is 0 Å². The molecular formula is C18H23BrN2O4. The molecule has 7 heteroatoms. The quantitative estimate of drug-likeness (QED) is 0.527. The van der Waals surface area contributed by atoms with Gasteiger partial charge in [-0.1, -0.05) is 22.4 Å². The molecule has 1 aliphatic rings. The lowest BCUT2D eigenvalue weighted by atomic mass is 10.1. The van der Waals surface area contributed by atoms with E-state index >= 15 is 0 Å². The van der Waals surface area contributed by atoms with Gasteiger partial charge in [0.25, 0.3) is 0 Å². The average molecular weight is 411 g/mol. The first-order chi connectivity index (χ1) is 12.0. The molecule has 0 saturated carbocycles. The summed E-state index contributed by atoms with van der Waals surface area (Å²) in [6, 6.07) is 7.49. The number of halogens is 1. The molecule has 25 heavy (non-hydrogen) atoms. The fourth-order valence-corrected chi connectivity index (χ4v) is 3.05. The minimum Gasteiger partial charge on any atom is -0.469 e. The Hall–Kier alpha value is -1.89. The van der Waals surface area contributed by atoms with Crippen LogP contribution in [-0.2, 0) is 19.1 Å². The summed E-state index contributed by atoms with van der Waals surface area (Å²) in [5.41, 5.74) is 0.811. The second kappa shape index (κ2) is 9.56. The molecule has 1 N–H and O–H groups in total. The van der Waals surface area contributed by atoms with Crippen molar-refractivity contribution in [3.63, 3.8) is 0 Å². The molecule has 136 valence electrons. The van der Waals surface area contributed by atoms with Crippen molar-refractivity contribution in [1.82, 2.24) is 5.32 Å². The van der Waals surface area contributed by atoms with Gasteiger partial charge in [0.15, 0.2) is 0 Å². The Morgan fingerprint density at radius 1 is 1.24 bits per heavy atom. The molecule has 1 aromatic rings. The van der Waals surface area contributed by atoms with Crippen molar-refractivity contribution in [2.75, 3.05) is 25.1 Å². The van der Waals surface area contributed by atoms with Crippen LogP contribution in [0.25, 0.3) is 0 Å². The zero-order chi connectivity index (χ0) is 18.2. The Balaban J connectivity index is 1.71. The van der Waals surface area contributed by atoms with E-state index in [1.54, 1.807) is 4.90 Å². The van der Waals surface area contributed by atoms with Gasteiger partial charge in [-0.3, -0.25) is 14.4 Å². The number of methoxy groups -OCH3 is 1. The maximum Gasteiger partial charge on any atom is 0.305 e. The Labute approximate surface area is 156 Å². The minimum absolute atomic E-state index is 0.0273. The number of amides is 2. The van der Waals surface area contributed by atoms with Crippen molar-refractivity contribution in [1.29, 1.82) is 0 Å². The van der Waals surface area contributed by atoms with Gasteiger partial charge in [0.2, 0.25) is 11.8 Å². The number of esters is 1. The normalized spacial score (nSPS) is 16.8. The van der Waals surface area contributed by atoms with E-state index < -0.39 is 0 Å². The van der Waals surface area contributed by atoms with E-state index in [9.17, 15) is 14.4 Å². The van der Waals surface area contributed by atoms with Crippen molar-refractivity contribution in [3.05, 3.63) is 28.7 Å². The van der Waals surface area contributed by atoms with Crippen molar-refractivity contribution >= 4 is 39.4 Å². The van der Waals surface area contributed by atoms with Gasteiger partial charge >= 0.3 is 5.97 Å². The predicted octanol–water partition coefficient (Wildman–Crippen LogP) is 2.65. The fourth-order valence-electron chi connectivity index (χ4n) is 2.78. The van der Waals surface area contributed by atoms with E-state index in [1.165, 1.54) is 7.11 Å². The number of benzene rings is 1. The van der Waals surface area contributed by atoms with Crippen molar-refractivity contribution in [3.8, 4) is 0 Å². The lowest BCUT2D eigenvalue weighted by Gasteiger charge is -2.16. The molecular weight excluding hydrogens is 388 g/mol. The summed E-state index contributed by atoms with van der Waals surface area (Å²) in [5.74, 6) is -0.630. The second-order valence-corrected chi connectivity index (χ2v) is 6.98. The molecule has 0 spiro atoms. The Morgan fingerprint density at radius 3 is 2.64 bits per heavy atom. The van der Waals surface area contributed by atoms with Crippen LogP contribution in [0.1, 0.15) is 32.1 Å². The highest BCUT2D eigenvalue weighted by atomic mass is 79.9. The zero-order valence-electron chi connectivity index (χ0n) is 14.3. The number of anilines is 1. The van der Waals surface area contributed by atoms with Crippen LogP contribution >= 0.6 is 15.9 Å². The summed E-state index contributed by atoms with van der Waals surface area (Å²) in [7, 11) is 1.38. The lowest BCUT2D eigenvalue weighted by Crippen LogP contribution is -2.33. The van der Waals surface area contributed by atoms with Gasteiger partial charge in [0, 0.05) is 36.1 Å². The molecule has 0 aromatic heterocycles. The highest BCUT2D eigenvalue weighted by Crippen LogP contribution is 2.26. The molecule has 0 bridgehead atoms. The number of rotatable bonds is 8. The fraction of sp³-hybridized carbons (Fsp3) is 0.500. The first-order valence-corrected chi connectivity index (χ1v) is 9.21. The molecule has 6 nitrogen and oxygen atoms in total. The van der Waals surface area contributed by atoms with Gasteiger partial charge < -0.3 is 15.0 Å². The summed E-state index contributed by atoms with van der Waals surface area (Å²) in [5, 5.41) is 2.89. The molecule has 0 unspecified atom stereocenters. The first kappa shape index (κ1) is 19.4. The highest BCUT2D eigenvalue weighted by molar-refractivity contribution is 9.10. The van der Waals surface area contributed by atoms with Gasteiger partial charge in [-0.05, 0) is 37.1 Å². The van der Waals surface area contributed by atoms with E-state index in [-0.39, 0.29) is 30.1 Å². The van der Waals surface area contributed by atoms with Crippen LogP contribution in [0.15, 0.2) is 28.7 Å². The van der Waals surface area contributed by atoms with Crippen molar-refractivity contribution < 1.29 is 19.1 Å². The van der Waals surface area contributed by atoms with Crippen LogP contribution in [-0.4, -0.2) is 38.0 Å². The minimum atomic E-state index is -0.314. The lowest BCUT2D eigenvalue weighted by molar-refractivity contribution is -0.140. The maximum atomic E-state index is 12.2. The van der Waals surface area contributed by atoms with Gasteiger partial charge in [0.05, 0.1) is 13.0 Å². The number of nitrogens with zero attached hydrogens (tertiary/aromatic N) is 1. The monoisotopic (exact) mass is 410 g/mol. The summed E-state index contributed by atoms with van der Waals surface area (Å²) in [6.07, 6.45) is 3.06. The number of hydrogen-bond acceptors (Lipinski definition) is 4. The topological polar surface area (TPSA) is 75.7 Å². The van der Waals surface area contributed by atoms with Gasteiger partial charge in [-0.2, -0.15) is 0 Å². The van der Waals surface area contributed by atoms with Crippen LogP contribution in [0.2, 0.25) is 0 Å². The van der Waals surface area contributed by atoms with Gasteiger partial charge in [-0.25, -0.2) is 0 Å². The van der Waals surface area contributed by atoms with Crippen LogP contribution in [0.5, 0.6) is 0 Å². The number of hydrogen-bond donors (Lipinski definition) is 1. The summed E-state index contributed by atoms with van der Waals surface area (Å²) in [6.45, 7) is 0.970. The van der Waals surface area contributed by atoms with Crippen molar-refractivity contribution in [2.24, 2.45) is 5.92 Å². The van der Waals surface area contributed by atoms with Crippen LogP contribution in [0, 0.1) is 5.92 Å². The van der Waals surface area contributed by atoms with Crippen LogP contribution in [0.4, 0.5) is 5.69 Å². The van der Waals surface area contributed by atoms with Gasteiger partial charge in [0.1, 0.15) is 0 Å². The SMILES string of the molecule is COC(=O)CCCCCNC(=O)[C@@H]1CC(=O)N(c2ccc(Br)cc2)C1. The predicted molar refractivity (Wildman–Crippen MR) is 98.1 cm³/mol. The summed E-state index contributed by atoms with van der Waals surface area (Å²) < 4.78 is 5.53. The summed E-state index contributed by atoms with van der Waals surface area (Å²) >= 11 is 3.37. The Bertz CT molecular complexity index is 618. The molecule has 1 heterocycles. The zero-order valence-corrected chi connectivity index (χ0v) is 15.9.